The molecule has 0 amide bonds. The Hall–Kier alpha value is -0.130. The van der Waals surface area contributed by atoms with E-state index in [1.165, 1.54) is 6.42 Å². The van der Waals surface area contributed by atoms with E-state index in [4.69, 9.17) is 0 Å². The quantitative estimate of drug-likeness (QED) is 0.820. The molecule has 2 rings (SSSR count). The zero-order valence-corrected chi connectivity index (χ0v) is 14.5. The van der Waals surface area contributed by atoms with Gasteiger partial charge in [0.05, 0.1) is 5.25 Å². The molecule has 21 heavy (non-hydrogen) atoms. The van der Waals surface area contributed by atoms with E-state index in [1.54, 1.807) is 0 Å². The van der Waals surface area contributed by atoms with Gasteiger partial charge in [0, 0.05) is 18.6 Å². The van der Waals surface area contributed by atoms with Gasteiger partial charge in [0.1, 0.15) is 0 Å². The van der Waals surface area contributed by atoms with Gasteiger partial charge < -0.3 is 5.32 Å². The van der Waals surface area contributed by atoms with Crippen molar-refractivity contribution < 1.29 is 8.42 Å². The molecular weight excluding hydrogens is 284 g/mol. The molecule has 1 saturated carbocycles. The third-order valence-electron chi connectivity index (χ3n) is 5.09. The molecule has 0 aromatic rings. The van der Waals surface area contributed by atoms with Crippen molar-refractivity contribution in [3.8, 4) is 0 Å². The molecule has 1 heterocycles. The number of hydrogen-bond donors (Lipinski definition) is 1. The Labute approximate surface area is 130 Å². The van der Waals surface area contributed by atoms with Crippen LogP contribution in [0.25, 0.3) is 0 Å². The summed E-state index contributed by atoms with van der Waals surface area (Å²) in [6, 6.07) is 0.404. The van der Waals surface area contributed by atoms with Gasteiger partial charge in [-0.1, -0.05) is 32.6 Å². The smallest absolute Gasteiger partial charge is 0.217 e. The SMILES string of the molecule is CCCNC(C)C1CCCCN1S(=O)(=O)C1CCCCC1. The Bertz CT molecular complexity index is 405. The summed E-state index contributed by atoms with van der Waals surface area (Å²) in [5.41, 5.74) is 0. The second-order valence-electron chi connectivity index (χ2n) is 6.72. The van der Waals surface area contributed by atoms with Crippen molar-refractivity contribution in [1.82, 2.24) is 9.62 Å². The maximum absolute atomic E-state index is 13.0. The minimum atomic E-state index is -3.11. The Morgan fingerprint density at radius 2 is 1.76 bits per heavy atom. The second kappa shape index (κ2) is 7.93. The first-order chi connectivity index (χ1) is 10.1. The molecule has 0 aromatic carbocycles. The summed E-state index contributed by atoms with van der Waals surface area (Å²) in [6.07, 6.45) is 9.34. The standard InChI is InChI=1S/C16H32N2O2S/c1-3-12-17-14(2)16-11-7-8-13-18(16)21(19,20)15-9-5-4-6-10-15/h14-17H,3-13H2,1-2H3. The largest absolute Gasteiger partial charge is 0.313 e. The predicted octanol–water partition coefficient (Wildman–Crippen LogP) is 2.89. The van der Waals surface area contributed by atoms with Gasteiger partial charge in [-0.2, -0.15) is 4.31 Å². The molecule has 1 N–H and O–H groups in total. The lowest BCUT2D eigenvalue weighted by molar-refractivity contribution is 0.205. The second-order valence-corrected chi connectivity index (χ2v) is 8.89. The topological polar surface area (TPSA) is 49.4 Å². The number of nitrogens with zero attached hydrogens (tertiary/aromatic N) is 1. The van der Waals surface area contributed by atoms with Gasteiger partial charge in [0.15, 0.2) is 0 Å². The fourth-order valence-electron chi connectivity index (χ4n) is 3.81. The van der Waals surface area contributed by atoms with Gasteiger partial charge in [0.2, 0.25) is 10.0 Å². The van der Waals surface area contributed by atoms with Gasteiger partial charge in [-0.3, -0.25) is 0 Å². The van der Waals surface area contributed by atoms with Crippen LogP contribution in [0.4, 0.5) is 0 Å². The maximum Gasteiger partial charge on any atom is 0.217 e. The maximum atomic E-state index is 13.0. The average Bonchev–Trinajstić information content (AvgIpc) is 2.53. The summed E-state index contributed by atoms with van der Waals surface area (Å²) in [6.45, 7) is 5.99. The first kappa shape index (κ1) is 17.2. The van der Waals surface area contributed by atoms with Gasteiger partial charge in [-0.15, -0.1) is 0 Å². The molecule has 2 unspecified atom stereocenters. The summed E-state index contributed by atoms with van der Waals surface area (Å²) in [5.74, 6) is 0. The van der Waals surface area contributed by atoms with Crippen molar-refractivity contribution >= 4 is 10.0 Å². The van der Waals surface area contributed by atoms with E-state index >= 15 is 0 Å². The molecule has 2 atom stereocenters. The van der Waals surface area contributed by atoms with Crippen molar-refractivity contribution in [3.63, 3.8) is 0 Å². The number of piperidine rings is 1. The highest BCUT2D eigenvalue weighted by atomic mass is 32.2. The Kier molecular flexibility index (Phi) is 6.51. The monoisotopic (exact) mass is 316 g/mol. The minimum Gasteiger partial charge on any atom is -0.313 e. The van der Waals surface area contributed by atoms with Gasteiger partial charge in [-0.05, 0) is 45.6 Å². The summed E-state index contributed by atoms with van der Waals surface area (Å²) in [4.78, 5) is 0. The first-order valence-electron chi connectivity index (χ1n) is 8.81. The van der Waals surface area contributed by atoms with Crippen LogP contribution < -0.4 is 5.32 Å². The molecule has 2 fully saturated rings. The molecule has 2 aliphatic rings. The van der Waals surface area contributed by atoms with E-state index in [0.29, 0.717) is 0 Å². The van der Waals surface area contributed by atoms with Gasteiger partial charge in [-0.25, -0.2) is 8.42 Å². The van der Waals surface area contributed by atoms with Gasteiger partial charge in [0.25, 0.3) is 0 Å². The van der Waals surface area contributed by atoms with Crippen molar-refractivity contribution in [2.75, 3.05) is 13.1 Å². The molecule has 0 aromatic heterocycles. The minimum absolute atomic E-state index is 0.120. The van der Waals surface area contributed by atoms with Crippen molar-refractivity contribution in [2.45, 2.75) is 89.0 Å². The zero-order valence-electron chi connectivity index (χ0n) is 13.7. The molecule has 0 radical (unpaired) electrons. The average molecular weight is 317 g/mol. The van der Waals surface area contributed by atoms with Crippen LogP contribution in [-0.2, 0) is 10.0 Å². The molecule has 0 spiro atoms. The highest BCUT2D eigenvalue weighted by molar-refractivity contribution is 7.89. The van der Waals surface area contributed by atoms with E-state index in [0.717, 1.165) is 64.5 Å². The third-order valence-corrected chi connectivity index (χ3v) is 7.51. The van der Waals surface area contributed by atoms with Crippen LogP contribution >= 0.6 is 0 Å². The molecule has 124 valence electrons. The van der Waals surface area contributed by atoms with Crippen LogP contribution in [0.15, 0.2) is 0 Å². The van der Waals surface area contributed by atoms with Crippen LogP contribution in [-0.4, -0.2) is 43.1 Å². The normalized spacial score (nSPS) is 27.6. The van der Waals surface area contributed by atoms with Crippen LogP contribution in [0.2, 0.25) is 0 Å². The summed E-state index contributed by atoms with van der Waals surface area (Å²) in [7, 11) is -3.11. The van der Waals surface area contributed by atoms with Crippen LogP contribution in [0.1, 0.15) is 71.6 Å². The highest BCUT2D eigenvalue weighted by Crippen LogP contribution is 2.31. The van der Waals surface area contributed by atoms with E-state index in [9.17, 15) is 8.42 Å². The van der Waals surface area contributed by atoms with Crippen LogP contribution in [0, 0.1) is 0 Å². The summed E-state index contributed by atoms with van der Waals surface area (Å²) >= 11 is 0. The molecule has 1 aliphatic heterocycles. The lowest BCUT2D eigenvalue weighted by Crippen LogP contribution is -2.55. The van der Waals surface area contributed by atoms with Crippen molar-refractivity contribution in [3.05, 3.63) is 0 Å². The number of hydrogen-bond acceptors (Lipinski definition) is 3. The molecule has 0 bridgehead atoms. The summed E-state index contributed by atoms with van der Waals surface area (Å²) < 4.78 is 27.9. The number of nitrogens with one attached hydrogen (secondary N) is 1. The lowest BCUT2D eigenvalue weighted by atomic mass is 9.99. The Balaban J connectivity index is 2.09. The van der Waals surface area contributed by atoms with Crippen LogP contribution in [0.3, 0.4) is 0 Å². The van der Waals surface area contributed by atoms with Crippen molar-refractivity contribution in [1.29, 1.82) is 0 Å². The molecular formula is C16H32N2O2S. The first-order valence-corrected chi connectivity index (χ1v) is 10.3. The predicted molar refractivity (Wildman–Crippen MR) is 87.9 cm³/mol. The highest BCUT2D eigenvalue weighted by Gasteiger charge is 2.39. The lowest BCUT2D eigenvalue weighted by Gasteiger charge is -2.41. The Morgan fingerprint density at radius 1 is 1.10 bits per heavy atom. The number of rotatable bonds is 6. The Morgan fingerprint density at radius 3 is 2.43 bits per heavy atom. The zero-order chi connectivity index (χ0) is 15.3. The van der Waals surface area contributed by atoms with E-state index in [1.807, 2.05) is 4.31 Å². The van der Waals surface area contributed by atoms with Crippen molar-refractivity contribution in [2.24, 2.45) is 0 Å². The molecule has 4 nitrogen and oxygen atoms in total. The van der Waals surface area contributed by atoms with E-state index < -0.39 is 10.0 Å². The van der Waals surface area contributed by atoms with E-state index in [-0.39, 0.29) is 17.3 Å². The third kappa shape index (κ3) is 4.20. The molecule has 5 heteroatoms. The summed E-state index contributed by atoms with van der Waals surface area (Å²) in [5, 5.41) is 3.38. The number of sulfonamides is 1. The fourth-order valence-corrected chi connectivity index (χ4v) is 6.17. The van der Waals surface area contributed by atoms with Crippen LogP contribution in [0.5, 0.6) is 0 Å². The molecule has 1 saturated heterocycles. The van der Waals surface area contributed by atoms with E-state index in [2.05, 4.69) is 19.2 Å². The van der Waals surface area contributed by atoms with Gasteiger partial charge >= 0.3 is 0 Å². The fraction of sp³-hybridized carbons (Fsp3) is 1.00. The molecule has 1 aliphatic carbocycles.